The third-order valence-corrected chi connectivity index (χ3v) is 8.08. The van der Waals surface area contributed by atoms with Gasteiger partial charge in [0.05, 0.1) is 34.4 Å². The van der Waals surface area contributed by atoms with Crippen molar-refractivity contribution < 1.29 is 24.2 Å². The molecule has 0 bridgehead atoms. The van der Waals surface area contributed by atoms with E-state index in [-0.39, 0.29) is 29.8 Å². The fourth-order valence-corrected chi connectivity index (χ4v) is 5.90. The number of hydrogen-bond acceptors (Lipinski definition) is 8. The Balaban J connectivity index is 1.22. The maximum Gasteiger partial charge on any atom is 0.265 e. The lowest BCUT2D eigenvalue weighted by molar-refractivity contribution is -0.111. The van der Waals surface area contributed by atoms with Gasteiger partial charge < -0.3 is 19.8 Å². The SMILES string of the molecule is CN1OC(COCc2cccc3cccnc23)=CC1C1C=c2nc(CCCCC(O)O)n(-c3ccc(F)cc3)c(=O)c2=CC1. The lowest BCUT2D eigenvalue weighted by Gasteiger charge is -2.25. The molecule has 0 spiro atoms. The first kappa shape index (κ1) is 29.8. The number of nitrogens with zero attached hydrogens (tertiary/aromatic N) is 4. The number of ether oxygens (including phenoxy) is 1. The van der Waals surface area contributed by atoms with Crippen LogP contribution in [0.4, 0.5) is 4.39 Å². The van der Waals surface area contributed by atoms with Crippen LogP contribution in [-0.4, -0.2) is 55.8 Å². The Morgan fingerprint density at radius 1 is 1.07 bits per heavy atom. The average molecular weight is 599 g/mol. The van der Waals surface area contributed by atoms with Crippen molar-refractivity contribution >= 4 is 23.1 Å². The number of para-hydroxylation sites is 1. The molecule has 10 heteroatoms. The Bertz CT molecular complexity index is 1850. The molecule has 44 heavy (non-hydrogen) atoms. The van der Waals surface area contributed by atoms with Gasteiger partial charge in [0.1, 0.15) is 24.0 Å². The first-order valence-corrected chi connectivity index (χ1v) is 14.9. The Morgan fingerprint density at radius 3 is 2.70 bits per heavy atom. The minimum atomic E-state index is -1.38. The topological polar surface area (TPSA) is 110 Å². The zero-order valence-corrected chi connectivity index (χ0v) is 24.5. The molecule has 3 heterocycles. The molecule has 0 saturated heterocycles. The van der Waals surface area contributed by atoms with Gasteiger partial charge in [0, 0.05) is 36.5 Å². The zero-order chi connectivity index (χ0) is 30.6. The molecule has 2 unspecified atom stereocenters. The molecule has 1 aliphatic carbocycles. The Hall–Kier alpha value is -4.22. The highest BCUT2D eigenvalue weighted by Crippen LogP contribution is 2.27. The van der Waals surface area contributed by atoms with Crippen LogP contribution in [0.15, 0.2) is 77.4 Å². The lowest BCUT2D eigenvalue weighted by Crippen LogP contribution is -2.50. The first-order chi connectivity index (χ1) is 21.4. The van der Waals surface area contributed by atoms with Crippen molar-refractivity contribution in [1.82, 2.24) is 19.6 Å². The molecule has 228 valence electrons. The Kier molecular flexibility index (Phi) is 8.94. The fraction of sp³-hybridized carbons (Fsp3) is 0.324. The number of halogens is 1. The van der Waals surface area contributed by atoms with Crippen LogP contribution < -0.4 is 16.1 Å². The number of unbranched alkanes of at least 4 members (excludes halogenated alkanes) is 1. The third-order valence-electron chi connectivity index (χ3n) is 8.08. The summed E-state index contributed by atoms with van der Waals surface area (Å²) in [5.41, 5.74) is 2.26. The standard InChI is InChI=1S/C34H35FN4O5/c1-38-30(19-27(44-38)21-43-20-24-7-4-6-22-8-5-17-36-33(22)24)23-11-16-28-29(18-23)37-31(9-2-3-10-32(40)41)39(34(28)42)26-14-12-25(35)13-15-26/h4-8,12-19,23,30,32,40-41H,2-3,9-11,20-21H2,1H3. The van der Waals surface area contributed by atoms with Crippen molar-refractivity contribution in [3.63, 3.8) is 0 Å². The number of hydrogen-bond donors (Lipinski definition) is 2. The van der Waals surface area contributed by atoms with Crippen molar-refractivity contribution in [2.24, 2.45) is 5.92 Å². The summed E-state index contributed by atoms with van der Waals surface area (Å²) in [6.07, 6.45) is 8.88. The van der Waals surface area contributed by atoms with Crippen LogP contribution in [0.5, 0.6) is 0 Å². The van der Waals surface area contributed by atoms with Crippen LogP contribution in [0.25, 0.3) is 28.7 Å². The van der Waals surface area contributed by atoms with Gasteiger partial charge in [-0.05, 0) is 62.1 Å². The molecular weight excluding hydrogens is 563 g/mol. The van der Waals surface area contributed by atoms with Crippen molar-refractivity contribution in [2.75, 3.05) is 13.7 Å². The number of benzene rings is 2. The van der Waals surface area contributed by atoms with Crippen LogP contribution in [0.2, 0.25) is 0 Å². The number of hydroxylamine groups is 2. The van der Waals surface area contributed by atoms with E-state index in [9.17, 15) is 19.4 Å². The summed E-state index contributed by atoms with van der Waals surface area (Å²) in [6.45, 7) is 0.717. The summed E-state index contributed by atoms with van der Waals surface area (Å²) in [5, 5.41) is 22.5. The minimum Gasteiger partial charge on any atom is -0.408 e. The van der Waals surface area contributed by atoms with E-state index < -0.39 is 6.29 Å². The molecule has 4 aromatic rings. The zero-order valence-electron chi connectivity index (χ0n) is 24.5. The van der Waals surface area contributed by atoms with Crippen LogP contribution in [0.3, 0.4) is 0 Å². The van der Waals surface area contributed by atoms with Gasteiger partial charge in [0.25, 0.3) is 5.56 Å². The molecule has 0 saturated carbocycles. The number of aromatic nitrogens is 3. The molecule has 0 fully saturated rings. The summed E-state index contributed by atoms with van der Waals surface area (Å²) < 4.78 is 21.2. The number of pyridine rings is 1. The Labute approximate surface area is 253 Å². The van der Waals surface area contributed by atoms with E-state index in [1.807, 2.05) is 49.5 Å². The van der Waals surface area contributed by atoms with Gasteiger partial charge in [-0.1, -0.05) is 36.4 Å². The van der Waals surface area contributed by atoms with Crippen molar-refractivity contribution in [3.8, 4) is 5.69 Å². The molecule has 2 aromatic carbocycles. The van der Waals surface area contributed by atoms with E-state index >= 15 is 0 Å². The second-order valence-corrected chi connectivity index (χ2v) is 11.2. The maximum absolute atomic E-state index is 13.8. The van der Waals surface area contributed by atoms with E-state index in [2.05, 4.69) is 11.1 Å². The number of rotatable bonds is 11. The molecule has 2 atom stereocenters. The quantitative estimate of drug-likeness (QED) is 0.201. The third kappa shape index (κ3) is 6.48. The summed E-state index contributed by atoms with van der Waals surface area (Å²) in [4.78, 5) is 29.2. The van der Waals surface area contributed by atoms with E-state index in [4.69, 9.17) is 14.6 Å². The largest absolute Gasteiger partial charge is 0.408 e. The molecule has 0 radical (unpaired) electrons. The second-order valence-electron chi connectivity index (χ2n) is 11.2. The van der Waals surface area contributed by atoms with Crippen LogP contribution in [0.1, 0.15) is 37.1 Å². The van der Waals surface area contributed by atoms with E-state index in [1.165, 1.54) is 16.7 Å². The summed E-state index contributed by atoms with van der Waals surface area (Å²) in [5.74, 6) is 0.886. The van der Waals surface area contributed by atoms with E-state index in [0.29, 0.717) is 61.0 Å². The molecule has 9 nitrogen and oxygen atoms in total. The maximum atomic E-state index is 13.8. The highest BCUT2D eigenvalue weighted by Gasteiger charge is 2.31. The van der Waals surface area contributed by atoms with Crippen molar-refractivity contribution in [1.29, 1.82) is 0 Å². The number of aliphatic hydroxyl groups excluding tert-OH is 1. The van der Waals surface area contributed by atoms with Gasteiger partial charge >= 0.3 is 0 Å². The predicted octanol–water partition coefficient (Wildman–Crippen LogP) is 2.87. The first-order valence-electron chi connectivity index (χ1n) is 14.9. The molecular formula is C34H35FN4O5. The minimum absolute atomic E-state index is 0.0122. The summed E-state index contributed by atoms with van der Waals surface area (Å²) in [6, 6.07) is 15.7. The smallest absolute Gasteiger partial charge is 0.265 e. The van der Waals surface area contributed by atoms with Gasteiger partial charge in [-0.15, -0.1) is 5.06 Å². The number of aryl methyl sites for hydroxylation is 1. The number of likely N-dealkylation sites (N-methyl/N-ethyl adjacent to an activating group) is 1. The Morgan fingerprint density at radius 2 is 1.89 bits per heavy atom. The average Bonchev–Trinajstić information content (AvgIpc) is 3.40. The van der Waals surface area contributed by atoms with Gasteiger partial charge in [-0.3, -0.25) is 14.3 Å². The van der Waals surface area contributed by atoms with Gasteiger partial charge in [-0.2, -0.15) is 0 Å². The van der Waals surface area contributed by atoms with Gasteiger partial charge in [0.2, 0.25) is 0 Å². The highest BCUT2D eigenvalue weighted by atomic mass is 19.1. The summed E-state index contributed by atoms with van der Waals surface area (Å²) in [7, 11) is 1.88. The monoisotopic (exact) mass is 598 g/mol. The number of aliphatic hydroxyl groups is 2. The fourth-order valence-electron chi connectivity index (χ4n) is 5.90. The summed E-state index contributed by atoms with van der Waals surface area (Å²) >= 11 is 0. The van der Waals surface area contributed by atoms with Crippen molar-refractivity contribution in [2.45, 2.75) is 51.0 Å². The normalized spacial score (nSPS) is 18.1. The molecule has 2 aromatic heterocycles. The van der Waals surface area contributed by atoms with Crippen LogP contribution in [-0.2, 0) is 22.6 Å². The van der Waals surface area contributed by atoms with Crippen molar-refractivity contribution in [3.05, 3.63) is 111 Å². The van der Waals surface area contributed by atoms with Crippen LogP contribution >= 0.6 is 0 Å². The van der Waals surface area contributed by atoms with E-state index in [0.717, 1.165) is 22.2 Å². The number of fused-ring (bicyclic) bond motifs is 2. The molecule has 6 rings (SSSR count). The molecule has 2 N–H and O–H groups in total. The van der Waals surface area contributed by atoms with Gasteiger partial charge in [-0.25, -0.2) is 9.37 Å². The van der Waals surface area contributed by atoms with Crippen LogP contribution in [0, 0.1) is 11.7 Å². The van der Waals surface area contributed by atoms with Gasteiger partial charge in [0.15, 0.2) is 6.29 Å². The highest BCUT2D eigenvalue weighted by molar-refractivity contribution is 5.81. The second kappa shape index (κ2) is 13.2. The molecule has 1 aliphatic heterocycles. The molecule has 0 amide bonds. The lowest BCUT2D eigenvalue weighted by atomic mass is 9.91. The molecule has 2 aliphatic rings. The predicted molar refractivity (Wildman–Crippen MR) is 164 cm³/mol. The van der Waals surface area contributed by atoms with E-state index in [1.54, 1.807) is 23.4 Å².